The molecule has 0 amide bonds. The van der Waals surface area contributed by atoms with Crippen LogP contribution in [0.25, 0.3) is 10.9 Å². The molecule has 1 aliphatic rings. The number of halogens is 1. The summed E-state index contributed by atoms with van der Waals surface area (Å²) in [5.41, 5.74) is 0.649. The number of imidazole rings is 1. The zero-order valence-corrected chi connectivity index (χ0v) is 13.6. The molecule has 7 heteroatoms. The van der Waals surface area contributed by atoms with Crippen molar-refractivity contribution in [2.24, 2.45) is 7.05 Å². The van der Waals surface area contributed by atoms with Crippen molar-refractivity contribution >= 4 is 16.7 Å². The molecule has 0 aliphatic carbocycles. The molecule has 2 aromatic heterocycles. The maximum Gasteiger partial charge on any atom is 0.142 e. The second-order valence-corrected chi connectivity index (χ2v) is 6.05. The maximum absolute atomic E-state index is 14.2. The van der Waals surface area contributed by atoms with Gasteiger partial charge in [0, 0.05) is 45.6 Å². The molecule has 3 heterocycles. The minimum atomic E-state index is -0.265. The Bertz CT molecular complexity index is 848. The van der Waals surface area contributed by atoms with Gasteiger partial charge >= 0.3 is 0 Å². The average molecular weight is 326 g/mol. The van der Waals surface area contributed by atoms with Crippen LogP contribution >= 0.6 is 0 Å². The number of hydrogen-bond donors (Lipinski definition) is 0. The molecule has 1 aromatic carbocycles. The maximum atomic E-state index is 14.2. The van der Waals surface area contributed by atoms with Gasteiger partial charge in [0.25, 0.3) is 0 Å². The third-order valence-electron chi connectivity index (χ3n) is 4.55. The van der Waals surface area contributed by atoms with Gasteiger partial charge in [-0.15, -0.1) is 0 Å². The van der Waals surface area contributed by atoms with Gasteiger partial charge in [-0.1, -0.05) is 6.07 Å². The summed E-state index contributed by atoms with van der Waals surface area (Å²) in [6.45, 7) is 4.24. The van der Waals surface area contributed by atoms with Crippen molar-refractivity contribution in [3.63, 3.8) is 0 Å². The summed E-state index contributed by atoms with van der Waals surface area (Å²) < 4.78 is 16.3. The lowest BCUT2D eigenvalue weighted by Crippen LogP contribution is -2.46. The summed E-state index contributed by atoms with van der Waals surface area (Å²) in [6.07, 6.45) is 5.29. The first-order valence-electron chi connectivity index (χ1n) is 8.05. The number of rotatable bonds is 3. The van der Waals surface area contributed by atoms with Gasteiger partial charge in [0.2, 0.25) is 0 Å². The molecular weight excluding hydrogens is 307 g/mol. The molecular formula is C17H19FN6. The van der Waals surface area contributed by atoms with E-state index in [1.165, 1.54) is 12.4 Å². The van der Waals surface area contributed by atoms with E-state index in [9.17, 15) is 4.39 Å². The summed E-state index contributed by atoms with van der Waals surface area (Å²) in [5, 5.41) is 0.512. The van der Waals surface area contributed by atoms with Crippen molar-refractivity contribution in [1.82, 2.24) is 24.4 Å². The Morgan fingerprint density at radius 1 is 1.08 bits per heavy atom. The predicted octanol–water partition coefficient (Wildman–Crippen LogP) is 1.82. The Hall–Kier alpha value is -2.54. The highest BCUT2D eigenvalue weighted by Gasteiger charge is 2.22. The van der Waals surface area contributed by atoms with Gasteiger partial charge in [-0.05, 0) is 12.1 Å². The number of aromatic nitrogens is 4. The fourth-order valence-corrected chi connectivity index (χ4v) is 3.16. The number of aryl methyl sites for hydroxylation is 1. The highest BCUT2D eigenvalue weighted by Crippen LogP contribution is 2.26. The molecule has 0 unspecified atom stereocenters. The SMILES string of the molecule is Cn1ccnc1CN1CCN(c2ncnc3cccc(F)c23)CC1. The van der Waals surface area contributed by atoms with Crippen LogP contribution in [-0.2, 0) is 13.6 Å². The smallest absolute Gasteiger partial charge is 0.142 e. The summed E-state index contributed by atoms with van der Waals surface area (Å²) in [6, 6.07) is 4.96. The van der Waals surface area contributed by atoms with Crippen molar-refractivity contribution in [3.8, 4) is 0 Å². The van der Waals surface area contributed by atoms with Crippen molar-refractivity contribution < 1.29 is 4.39 Å². The fourth-order valence-electron chi connectivity index (χ4n) is 3.16. The lowest BCUT2D eigenvalue weighted by molar-refractivity contribution is 0.241. The second-order valence-electron chi connectivity index (χ2n) is 6.05. The molecule has 6 nitrogen and oxygen atoms in total. The van der Waals surface area contributed by atoms with Crippen LogP contribution in [0.2, 0.25) is 0 Å². The van der Waals surface area contributed by atoms with Crippen LogP contribution < -0.4 is 4.90 Å². The van der Waals surface area contributed by atoms with Crippen LogP contribution in [0.4, 0.5) is 10.2 Å². The topological polar surface area (TPSA) is 50.1 Å². The number of fused-ring (bicyclic) bond motifs is 1. The standard InChI is InChI=1S/C17H19FN6/c1-22-6-5-19-15(22)11-23-7-9-24(10-8-23)17-16-13(18)3-2-4-14(16)20-12-21-17/h2-6,12H,7-11H2,1H3. The van der Waals surface area contributed by atoms with Gasteiger partial charge in [-0.2, -0.15) is 0 Å². The molecule has 0 saturated carbocycles. The highest BCUT2D eigenvalue weighted by molar-refractivity contribution is 5.89. The van der Waals surface area contributed by atoms with Crippen LogP contribution in [0.15, 0.2) is 36.9 Å². The van der Waals surface area contributed by atoms with E-state index >= 15 is 0 Å². The summed E-state index contributed by atoms with van der Waals surface area (Å²) in [4.78, 5) is 17.4. The monoisotopic (exact) mass is 326 g/mol. The molecule has 1 aliphatic heterocycles. The van der Waals surface area contributed by atoms with E-state index in [0.717, 1.165) is 38.5 Å². The number of piperazine rings is 1. The number of benzene rings is 1. The molecule has 0 N–H and O–H groups in total. The lowest BCUT2D eigenvalue weighted by atomic mass is 10.2. The molecule has 0 spiro atoms. The van der Waals surface area contributed by atoms with Crippen molar-refractivity contribution in [3.05, 3.63) is 48.6 Å². The van der Waals surface area contributed by atoms with E-state index < -0.39 is 0 Å². The molecule has 0 bridgehead atoms. The number of hydrogen-bond acceptors (Lipinski definition) is 5. The van der Waals surface area contributed by atoms with Crippen molar-refractivity contribution in [2.45, 2.75) is 6.54 Å². The van der Waals surface area contributed by atoms with Crippen LogP contribution in [0.3, 0.4) is 0 Å². The molecule has 0 atom stereocenters. The first-order valence-corrected chi connectivity index (χ1v) is 8.05. The predicted molar refractivity (Wildman–Crippen MR) is 90.2 cm³/mol. The highest BCUT2D eigenvalue weighted by atomic mass is 19.1. The quantitative estimate of drug-likeness (QED) is 0.735. The summed E-state index contributed by atoms with van der Waals surface area (Å²) in [5.74, 6) is 1.48. The minimum Gasteiger partial charge on any atom is -0.353 e. The van der Waals surface area contributed by atoms with E-state index in [1.807, 2.05) is 30.1 Å². The van der Waals surface area contributed by atoms with Crippen LogP contribution in [0.1, 0.15) is 5.82 Å². The van der Waals surface area contributed by atoms with E-state index in [1.54, 1.807) is 6.07 Å². The van der Waals surface area contributed by atoms with Gasteiger partial charge in [0.15, 0.2) is 0 Å². The molecule has 0 radical (unpaired) electrons. The van der Waals surface area contributed by atoms with Crippen LogP contribution in [0, 0.1) is 5.82 Å². The zero-order valence-electron chi connectivity index (χ0n) is 13.6. The first-order chi connectivity index (χ1) is 11.7. The normalized spacial score (nSPS) is 16.0. The van der Waals surface area contributed by atoms with Crippen LogP contribution in [-0.4, -0.2) is 50.6 Å². The molecule has 4 rings (SSSR count). The largest absolute Gasteiger partial charge is 0.353 e. The van der Waals surface area contributed by atoms with Gasteiger partial charge in [-0.3, -0.25) is 4.90 Å². The van der Waals surface area contributed by atoms with Gasteiger partial charge in [-0.25, -0.2) is 19.3 Å². The minimum absolute atomic E-state index is 0.265. The number of anilines is 1. The fraction of sp³-hybridized carbons (Fsp3) is 0.353. The Kier molecular flexibility index (Phi) is 3.86. The number of nitrogens with zero attached hydrogens (tertiary/aromatic N) is 6. The van der Waals surface area contributed by atoms with Gasteiger partial charge in [0.1, 0.15) is 23.8 Å². The average Bonchev–Trinajstić information content (AvgIpc) is 3.00. The van der Waals surface area contributed by atoms with E-state index in [2.05, 4.69) is 24.8 Å². The second kappa shape index (κ2) is 6.16. The first kappa shape index (κ1) is 15.0. The van der Waals surface area contributed by atoms with Crippen LogP contribution in [0.5, 0.6) is 0 Å². The summed E-state index contributed by atoms with van der Waals surface area (Å²) in [7, 11) is 2.01. The van der Waals surface area contributed by atoms with Crippen molar-refractivity contribution in [2.75, 3.05) is 31.1 Å². The van der Waals surface area contributed by atoms with Gasteiger partial charge in [0.05, 0.1) is 17.4 Å². The van der Waals surface area contributed by atoms with Gasteiger partial charge < -0.3 is 9.47 Å². The molecule has 24 heavy (non-hydrogen) atoms. The van der Waals surface area contributed by atoms with Crippen molar-refractivity contribution in [1.29, 1.82) is 0 Å². The molecule has 124 valence electrons. The summed E-state index contributed by atoms with van der Waals surface area (Å²) >= 11 is 0. The Morgan fingerprint density at radius 2 is 1.92 bits per heavy atom. The van der Waals surface area contributed by atoms with E-state index in [0.29, 0.717) is 16.7 Å². The molecule has 1 fully saturated rings. The zero-order chi connectivity index (χ0) is 16.5. The van der Waals surface area contributed by atoms with E-state index in [4.69, 9.17) is 0 Å². The lowest BCUT2D eigenvalue weighted by Gasteiger charge is -2.35. The van der Waals surface area contributed by atoms with E-state index in [-0.39, 0.29) is 5.82 Å². The third kappa shape index (κ3) is 2.71. The Morgan fingerprint density at radius 3 is 2.67 bits per heavy atom. The molecule has 1 saturated heterocycles. The Labute approximate surface area is 139 Å². The third-order valence-corrected chi connectivity index (χ3v) is 4.55. The molecule has 3 aromatic rings. The Balaban J connectivity index is 1.51.